The van der Waals surface area contributed by atoms with Crippen LogP contribution in [0.4, 0.5) is 0 Å². The number of hydrogen-bond donors (Lipinski definition) is 0. The van der Waals surface area contributed by atoms with E-state index in [-0.39, 0.29) is 0 Å². The van der Waals surface area contributed by atoms with Crippen molar-refractivity contribution in [3.05, 3.63) is 0 Å². The maximum Gasteiger partial charge on any atom is 0.132 e. The minimum absolute atomic E-state index is 0.518. The highest BCUT2D eigenvalue weighted by atomic mass is 16.1. The largest absolute Gasteiger partial charge is 0.300 e. The molecule has 0 amide bonds. The lowest BCUT2D eigenvalue weighted by Gasteiger charge is -2.10. The molecular formula is C31H62O. The molecule has 0 spiro atoms. The Kier molecular flexibility index (Phi) is 26.6. The van der Waals surface area contributed by atoms with Gasteiger partial charge in [0.25, 0.3) is 0 Å². The van der Waals surface area contributed by atoms with Crippen molar-refractivity contribution in [3.63, 3.8) is 0 Å². The fourth-order valence-corrected chi connectivity index (χ4v) is 4.87. The Morgan fingerprint density at radius 2 is 0.719 bits per heavy atom. The number of rotatable bonds is 27. The van der Waals surface area contributed by atoms with Gasteiger partial charge in [-0.3, -0.25) is 4.79 Å². The van der Waals surface area contributed by atoms with Gasteiger partial charge < -0.3 is 0 Å². The van der Waals surface area contributed by atoms with Crippen molar-refractivity contribution in [2.45, 2.75) is 188 Å². The summed E-state index contributed by atoms with van der Waals surface area (Å²) in [5.41, 5.74) is 0. The number of carbonyl (C=O) groups is 1. The fourth-order valence-electron chi connectivity index (χ4n) is 4.87. The summed E-state index contributed by atoms with van der Waals surface area (Å²) in [7, 11) is 0. The van der Waals surface area contributed by atoms with Gasteiger partial charge in [0.2, 0.25) is 0 Å². The number of carbonyl (C=O) groups excluding carboxylic acids is 1. The molecule has 192 valence electrons. The highest BCUT2D eigenvalue weighted by Gasteiger charge is 2.03. The molecule has 0 saturated carbocycles. The van der Waals surface area contributed by atoms with E-state index in [9.17, 15) is 4.79 Å². The standard InChI is InChI=1S/C31H62O/c1-4-6-8-9-16-20-24-28-31(32)29-25-21-18-15-13-11-10-12-14-17-19-23-27-30(3)26-22-7-5-2/h30H,4-29H2,1-3H3/t30-/m1/s1. The van der Waals surface area contributed by atoms with Crippen LogP contribution in [-0.2, 0) is 4.79 Å². The van der Waals surface area contributed by atoms with Crippen molar-refractivity contribution >= 4 is 5.78 Å². The molecule has 0 bridgehead atoms. The van der Waals surface area contributed by atoms with E-state index >= 15 is 0 Å². The van der Waals surface area contributed by atoms with Gasteiger partial charge in [0.05, 0.1) is 0 Å². The molecule has 32 heavy (non-hydrogen) atoms. The first-order valence-corrected chi connectivity index (χ1v) is 15.2. The Morgan fingerprint density at radius 3 is 1.12 bits per heavy atom. The van der Waals surface area contributed by atoms with Crippen molar-refractivity contribution in [1.82, 2.24) is 0 Å². The van der Waals surface area contributed by atoms with E-state index in [1.807, 2.05) is 0 Å². The molecule has 1 nitrogen and oxygen atoms in total. The predicted octanol–water partition coefficient (Wildman–Crippen LogP) is 11.4. The van der Waals surface area contributed by atoms with E-state index in [0.29, 0.717) is 5.78 Å². The molecule has 0 fully saturated rings. The summed E-state index contributed by atoms with van der Waals surface area (Å²) in [6.45, 7) is 7.01. The first kappa shape index (κ1) is 31.7. The molecule has 0 saturated heterocycles. The number of hydrogen-bond acceptors (Lipinski definition) is 1. The van der Waals surface area contributed by atoms with Gasteiger partial charge in [-0.2, -0.15) is 0 Å². The molecular weight excluding hydrogens is 388 g/mol. The van der Waals surface area contributed by atoms with Crippen molar-refractivity contribution < 1.29 is 4.79 Å². The average molecular weight is 451 g/mol. The van der Waals surface area contributed by atoms with Gasteiger partial charge in [-0.15, -0.1) is 0 Å². The van der Waals surface area contributed by atoms with Crippen molar-refractivity contribution in [1.29, 1.82) is 0 Å². The highest BCUT2D eigenvalue weighted by molar-refractivity contribution is 5.78. The molecule has 0 heterocycles. The van der Waals surface area contributed by atoms with E-state index in [1.165, 1.54) is 141 Å². The Labute approximate surface area is 204 Å². The van der Waals surface area contributed by atoms with E-state index in [2.05, 4.69) is 20.8 Å². The minimum Gasteiger partial charge on any atom is -0.300 e. The van der Waals surface area contributed by atoms with E-state index in [0.717, 1.165) is 31.6 Å². The smallest absolute Gasteiger partial charge is 0.132 e. The van der Waals surface area contributed by atoms with Crippen LogP contribution in [0.1, 0.15) is 188 Å². The van der Waals surface area contributed by atoms with Gasteiger partial charge in [0, 0.05) is 12.8 Å². The molecule has 0 aromatic carbocycles. The second-order valence-electron chi connectivity index (χ2n) is 10.8. The zero-order valence-corrected chi connectivity index (χ0v) is 22.9. The highest BCUT2D eigenvalue weighted by Crippen LogP contribution is 2.18. The summed E-state index contributed by atoms with van der Waals surface area (Å²) in [5, 5.41) is 0. The van der Waals surface area contributed by atoms with Crippen LogP contribution in [0.25, 0.3) is 0 Å². The van der Waals surface area contributed by atoms with Crippen LogP contribution < -0.4 is 0 Å². The van der Waals surface area contributed by atoms with Gasteiger partial charge >= 0.3 is 0 Å². The maximum absolute atomic E-state index is 12.0. The van der Waals surface area contributed by atoms with E-state index in [1.54, 1.807) is 0 Å². The van der Waals surface area contributed by atoms with E-state index < -0.39 is 0 Å². The molecule has 0 aromatic rings. The Bertz CT molecular complexity index is 361. The molecule has 0 N–H and O–H groups in total. The monoisotopic (exact) mass is 450 g/mol. The number of unbranched alkanes of at least 4 members (excludes halogenated alkanes) is 19. The van der Waals surface area contributed by atoms with Gasteiger partial charge in [0.1, 0.15) is 5.78 Å². The van der Waals surface area contributed by atoms with Gasteiger partial charge in [-0.1, -0.05) is 162 Å². The maximum atomic E-state index is 12.0. The molecule has 0 radical (unpaired) electrons. The van der Waals surface area contributed by atoms with Crippen LogP contribution in [0, 0.1) is 5.92 Å². The zero-order valence-electron chi connectivity index (χ0n) is 22.9. The molecule has 0 unspecified atom stereocenters. The predicted molar refractivity (Wildman–Crippen MR) is 146 cm³/mol. The summed E-state index contributed by atoms with van der Waals surface area (Å²) in [5.74, 6) is 1.47. The first-order chi connectivity index (χ1) is 15.7. The molecule has 0 aliphatic rings. The van der Waals surface area contributed by atoms with Crippen LogP contribution in [0.2, 0.25) is 0 Å². The Morgan fingerprint density at radius 1 is 0.438 bits per heavy atom. The van der Waals surface area contributed by atoms with Gasteiger partial charge in [-0.25, -0.2) is 0 Å². The number of ketones is 1. The summed E-state index contributed by atoms with van der Waals surface area (Å²) in [6.07, 6.45) is 34.6. The molecule has 0 aliphatic heterocycles. The van der Waals surface area contributed by atoms with Crippen LogP contribution in [0.15, 0.2) is 0 Å². The summed E-state index contributed by atoms with van der Waals surface area (Å²) < 4.78 is 0. The Hall–Kier alpha value is -0.330. The van der Waals surface area contributed by atoms with E-state index in [4.69, 9.17) is 0 Å². The van der Waals surface area contributed by atoms with Crippen LogP contribution >= 0.6 is 0 Å². The lowest BCUT2D eigenvalue weighted by Crippen LogP contribution is -1.97. The van der Waals surface area contributed by atoms with Crippen LogP contribution in [-0.4, -0.2) is 5.78 Å². The summed E-state index contributed by atoms with van der Waals surface area (Å²) in [6, 6.07) is 0. The van der Waals surface area contributed by atoms with Crippen molar-refractivity contribution in [2.75, 3.05) is 0 Å². The van der Waals surface area contributed by atoms with Crippen LogP contribution in [0.3, 0.4) is 0 Å². The Balaban J connectivity index is 3.17. The second kappa shape index (κ2) is 26.9. The SMILES string of the molecule is CCCCCCCCCC(=O)CCCCCCCCCCCCCC[C@H](C)CCCCC. The summed E-state index contributed by atoms with van der Waals surface area (Å²) >= 11 is 0. The van der Waals surface area contributed by atoms with Gasteiger partial charge in [0.15, 0.2) is 0 Å². The average Bonchev–Trinajstić information content (AvgIpc) is 2.78. The van der Waals surface area contributed by atoms with Crippen molar-refractivity contribution in [3.8, 4) is 0 Å². The third-order valence-corrected chi connectivity index (χ3v) is 7.26. The lowest BCUT2D eigenvalue weighted by atomic mass is 9.96. The normalized spacial score (nSPS) is 12.3. The second-order valence-corrected chi connectivity index (χ2v) is 10.8. The molecule has 0 aliphatic carbocycles. The summed E-state index contributed by atoms with van der Waals surface area (Å²) in [4.78, 5) is 12.0. The lowest BCUT2D eigenvalue weighted by molar-refractivity contribution is -0.119. The third-order valence-electron chi connectivity index (χ3n) is 7.26. The first-order valence-electron chi connectivity index (χ1n) is 15.2. The topological polar surface area (TPSA) is 17.1 Å². The van der Waals surface area contributed by atoms with Crippen LogP contribution in [0.5, 0.6) is 0 Å². The molecule has 1 heteroatoms. The molecule has 0 rings (SSSR count). The third kappa shape index (κ3) is 25.9. The van der Waals surface area contributed by atoms with Crippen molar-refractivity contribution in [2.24, 2.45) is 5.92 Å². The molecule has 1 atom stereocenters. The minimum atomic E-state index is 0.518. The molecule has 0 aromatic heterocycles. The zero-order chi connectivity index (χ0) is 23.5. The number of Topliss-reactive ketones (excluding diaryl/α,β-unsaturated/α-hetero) is 1. The quantitative estimate of drug-likeness (QED) is 0.114. The van der Waals surface area contributed by atoms with Gasteiger partial charge in [-0.05, 0) is 18.8 Å². The fraction of sp³-hybridized carbons (Fsp3) is 0.968.